The second kappa shape index (κ2) is 14.8. The molecule has 1 aliphatic rings. The van der Waals surface area contributed by atoms with E-state index in [4.69, 9.17) is 14.2 Å². The van der Waals surface area contributed by atoms with E-state index in [0.717, 1.165) is 12.3 Å². The minimum Gasteiger partial charge on any atom is -0.485 e. The number of nitrogens with zero attached hydrogens (tertiary/aromatic N) is 3. The van der Waals surface area contributed by atoms with Gasteiger partial charge in [0.25, 0.3) is 0 Å². The van der Waals surface area contributed by atoms with Crippen molar-refractivity contribution in [2.24, 2.45) is 10.1 Å². The average Bonchev–Trinajstić information content (AvgIpc) is 3.02. The molecule has 0 aliphatic carbocycles. The number of aliphatic imine (C=N–C) groups is 1. The molecule has 0 radical (unpaired) electrons. The molecule has 14 heteroatoms. The van der Waals surface area contributed by atoms with E-state index < -0.39 is 52.8 Å². The van der Waals surface area contributed by atoms with Crippen molar-refractivity contribution in [1.82, 2.24) is 5.43 Å². The first-order chi connectivity index (χ1) is 21.6. The van der Waals surface area contributed by atoms with Crippen molar-refractivity contribution in [2.75, 3.05) is 6.61 Å². The van der Waals surface area contributed by atoms with Gasteiger partial charge in [0.15, 0.2) is 17.2 Å². The Morgan fingerprint density at radius 2 is 1.64 bits per heavy atom. The van der Waals surface area contributed by atoms with E-state index in [1.165, 1.54) is 13.0 Å². The quantitative estimate of drug-likeness (QED) is 0.139. The smallest absolute Gasteiger partial charge is 0.433 e. The van der Waals surface area contributed by atoms with Gasteiger partial charge in [0.1, 0.15) is 13.2 Å². The van der Waals surface area contributed by atoms with E-state index in [-0.39, 0.29) is 42.6 Å². The maximum atomic E-state index is 13.8. The molecule has 11 nitrogen and oxygen atoms in total. The molecule has 0 fully saturated rings. The summed E-state index contributed by atoms with van der Waals surface area (Å²) in [5.74, 6) is -1.24. The highest BCUT2D eigenvalue weighted by molar-refractivity contribution is 6.13. The monoisotopic (exact) mass is 624 g/mol. The molecular weight excluding hydrogens is 597 g/mol. The summed E-state index contributed by atoms with van der Waals surface area (Å²) in [6.45, 7) is 1.37. The van der Waals surface area contributed by atoms with E-state index >= 15 is 0 Å². The summed E-state index contributed by atoms with van der Waals surface area (Å²) >= 11 is 0. The number of ketones is 1. The number of carbonyl (C=O) groups excluding carboxylic acids is 2. The first kappa shape index (κ1) is 32.4. The number of hydrazone groups is 1. The third-order valence-corrected chi connectivity index (χ3v) is 6.32. The van der Waals surface area contributed by atoms with Gasteiger partial charge < -0.3 is 14.2 Å². The molecular formula is C31H27F3N4O7. The number of allylic oxidation sites excluding steroid dienone is 2. The van der Waals surface area contributed by atoms with Gasteiger partial charge in [-0.25, -0.2) is 10.2 Å². The van der Waals surface area contributed by atoms with Crippen molar-refractivity contribution in [3.63, 3.8) is 0 Å². The lowest BCUT2D eigenvalue weighted by molar-refractivity contribution is -0.386. The molecule has 0 saturated carbocycles. The van der Waals surface area contributed by atoms with Crippen LogP contribution in [0.2, 0.25) is 0 Å². The van der Waals surface area contributed by atoms with Crippen LogP contribution < -0.4 is 14.9 Å². The molecule has 0 atom stereocenters. The van der Waals surface area contributed by atoms with Gasteiger partial charge in [0.05, 0.1) is 17.2 Å². The summed E-state index contributed by atoms with van der Waals surface area (Å²) in [6.07, 6.45) is -6.35. The molecule has 0 spiro atoms. The van der Waals surface area contributed by atoms with Crippen molar-refractivity contribution < 1.29 is 41.9 Å². The molecule has 3 aromatic rings. The largest absolute Gasteiger partial charge is 0.485 e. The lowest BCUT2D eigenvalue weighted by Gasteiger charge is -2.19. The summed E-state index contributed by atoms with van der Waals surface area (Å²) in [4.78, 5) is 39.7. The maximum Gasteiger partial charge on any atom is 0.433 e. The molecule has 1 amide bonds. The number of nitro groups is 1. The van der Waals surface area contributed by atoms with Crippen molar-refractivity contribution in [3.8, 4) is 11.5 Å². The number of nitrogens with one attached hydrogen (secondary N) is 1. The van der Waals surface area contributed by atoms with Crippen LogP contribution >= 0.6 is 0 Å². The second-order valence-electron chi connectivity index (χ2n) is 9.46. The van der Waals surface area contributed by atoms with Crippen LogP contribution in [0.3, 0.4) is 0 Å². The Kier molecular flexibility index (Phi) is 10.6. The number of ether oxygens (including phenoxy) is 3. The number of alkyl halides is 3. The Labute approximate surface area is 255 Å². The molecule has 0 unspecified atom stereocenters. The SMILES string of the molecule is CCOC(=O)NN=C(CC1=C(C(F)(F)F)N=CCC1=O)c1cc(OCc2ccccc2)c(OCc2ccccc2)c([N+](=O)[O-])c1. The summed E-state index contributed by atoms with van der Waals surface area (Å²) in [7, 11) is 0. The second-order valence-corrected chi connectivity index (χ2v) is 9.46. The number of carbonyl (C=O) groups is 2. The zero-order valence-electron chi connectivity index (χ0n) is 23.9. The van der Waals surface area contributed by atoms with Gasteiger partial charge in [-0.15, -0.1) is 0 Å². The van der Waals surface area contributed by atoms with E-state index in [2.05, 4.69) is 15.5 Å². The van der Waals surface area contributed by atoms with Crippen LogP contribution in [0.25, 0.3) is 0 Å². The van der Waals surface area contributed by atoms with Crippen LogP contribution in [0.4, 0.5) is 23.7 Å². The van der Waals surface area contributed by atoms with Gasteiger partial charge >= 0.3 is 18.0 Å². The fourth-order valence-corrected chi connectivity index (χ4v) is 4.24. The minimum absolute atomic E-state index is 0.0380. The highest BCUT2D eigenvalue weighted by atomic mass is 19.4. The predicted octanol–water partition coefficient (Wildman–Crippen LogP) is 6.45. The lowest BCUT2D eigenvalue weighted by Crippen LogP contribution is -2.25. The van der Waals surface area contributed by atoms with Gasteiger partial charge in [-0.05, 0) is 24.1 Å². The fourth-order valence-electron chi connectivity index (χ4n) is 4.24. The number of Topliss-reactive ketones (excluding diaryl/α,β-unsaturated/α-hetero) is 1. The van der Waals surface area contributed by atoms with Crippen LogP contribution in [-0.4, -0.2) is 41.5 Å². The normalized spacial score (nSPS) is 13.4. The van der Waals surface area contributed by atoms with Crippen molar-refractivity contribution >= 4 is 29.5 Å². The van der Waals surface area contributed by atoms with Gasteiger partial charge in [-0.2, -0.15) is 18.3 Å². The van der Waals surface area contributed by atoms with Crippen LogP contribution in [-0.2, 0) is 22.7 Å². The molecule has 0 saturated heterocycles. The number of hydrogen-bond donors (Lipinski definition) is 1. The van der Waals surface area contributed by atoms with Crippen molar-refractivity contribution in [1.29, 1.82) is 0 Å². The van der Waals surface area contributed by atoms with Crippen LogP contribution in [0.1, 0.15) is 36.5 Å². The standard InChI is InChI=1S/C31H27F3N4O7/c1-2-43-30(40)37-36-24(17-23-26(39)13-14-35-29(23)31(32,33)34)22-15-25(38(41)42)28(45-19-21-11-7-4-8-12-21)27(16-22)44-18-20-9-5-3-6-10-20/h3-12,14-16H,2,13,17-19H2,1H3,(H,37,40). The Bertz CT molecular complexity index is 1640. The van der Waals surface area contributed by atoms with Crippen LogP contribution in [0.5, 0.6) is 11.5 Å². The molecule has 234 valence electrons. The van der Waals surface area contributed by atoms with Gasteiger partial charge in [-0.1, -0.05) is 60.7 Å². The molecule has 0 aromatic heterocycles. The zero-order valence-corrected chi connectivity index (χ0v) is 23.9. The van der Waals surface area contributed by atoms with E-state index in [0.29, 0.717) is 11.1 Å². The molecule has 45 heavy (non-hydrogen) atoms. The average molecular weight is 625 g/mol. The number of rotatable bonds is 12. The summed E-state index contributed by atoms with van der Waals surface area (Å²) in [5.41, 5.74) is 0.278. The highest BCUT2D eigenvalue weighted by Gasteiger charge is 2.40. The van der Waals surface area contributed by atoms with E-state index in [1.807, 2.05) is 0 Å². The number of amides is 1. The number of halogens is 3. The number of benzene rings is 3. The Hall–Kier alpha value is -5.53. The van der Waals surface area contributed by atoms with E-state index in [9.17, 15) is 32.9 Å². The first-order valence-corrected chi connectivity index (χ1v) is 13.6. The van der Waals surface area contributed by atoms with Gasteiger partial charge in [0, 0.05) is 36.3 Å². The Morgan fingerprint density at radius 3 is 2.22 bits per heavy atom. The lowest BCUT2D eigenvalue weighted by atomic mass is 9.94. The fraction of sp³-hybridized carbons (Fsp3) is 0.226. The predicted molar refractivity (Wildman–Crippen MR) is 157 cm³/mol. The minimum atomic E-state index is -4.98. The molecule has 0 bridgehead atoms. The van der Waals surface area contributed by atoms with E-state index in [1.54, 1.807) is 60.7 Å². The zero-order chi connectivity index (χ0) is 32.4. The molecule has 3 aromatic carbocycles. The summed E-state index contributed by atoms with van der Waals surface area (Å²) in [5, 5.41) is 16.2. The van der Waals surface area contributed by atoms with Gasteiger partial charge in [0.2, 0.25) is 5.75 Å². The Morgan fingerprint density at radius 1 is 1.02 bits per heavy atom. The first-order valence-electron chi connectivity index (χ1n) is 13.6. The van der Waals surface area contributed by atoms with Crippen LogP contribution in [0.15, 0.2) is 94.2 Å². The number of hydrogen-bond acceptors (Lipinski definition) is 9. The molecule has 4 rings (SSSR count). The Balaban J connectivity index is 1.84. The topological polar surface area (TPSA) is 142 Å². The highest BCUT2D eigenvalue weighted by Crippen LogP contribution is 2.41. The summed E-state index contributed by atoms with van der Waals surface area (Å²) in [6, 6.07) is 20.0. The molecule has 1 N–H and O–H groups in total. The summed E-state index contributed by atoms with van der Waals surface area (Å²) < 4.78 is 58.1. The molecule has 1 heterocycles. The molecule has 1 aliphatic heterocycles. The number of nitro benzene ring substituents is 1. The third-order valence-electron chi connectivity index (χ3n) is 6.32. The van der Waals surface area contributed by atoms with Crippen molar-refractivity contribution in [2.45, 2.75) is 39.2 Å². The van der Waals surface area contributed by atoms with Crippen LogP contribution in [0, 0.1) is 10.1 Å². The van der Waals surface area contributed by atoms with Crippen molar-refractivity contribution in [3.05, 3.63) is 111 Å². The van der Waals surface area contributed by atoms with Gasteiger partial charge in [-0.3, -0.25) is 19.9 Å². The maximum absolute atomic E-state index is 13.8. The third kappa shape index (κ3) is 8.75.